The van der Waals surface area contributed by atoms with Crippen LogP contribution in [0.1, 0.15) is 12.5 Å². The maximum Gasteiger partial charge on any atom is 0 e. The van der Waals surface area contributed by atoms with Crippen LogP contribution in [-0.2, 0) is 196 Å². The molecule has 0 unspecified atom stereocenters. The summed E-state index contributed by atoms with van der Waals surface area (Å²) >= 11 is 0. The molecule has 84 valence electrons. The summed E-state index contributed by atoms with van der Waals surface area (Å²) < 4.78 is 0. The van der Waals surface area contributed by atoms with Gasteiger partial charge in [-0.05, 0) is 0 Å². The summed E-state index contributed by atoms with van der Waals surface area (Å²) in [5.74, 6) is 0. The van der Waals surface area contributed by atoms with Crippen LogP contribution in [0.3, 0.4) is 0 Å². The van der Waals surface area contributed by atoms with Crippen LogP contribution < -0.4 is 0 Å². The van der Waals surface area contributed by atoms with Crippen molar-refractivity contribution in [1.29, 1.82) is 0 Å². The van der Waals surface area contributed by atoms with E-state index in [0.29, 0.717) is 0 Å². The number of hydrogen-bond acceptors (Lipinski definition) is 0. The molecule has 6 heteroatoms. The van der Waals surface area contributed by atoms with Gasteiger partial charge in [0.2, 0.25) is 0 Å². The minimum Gasteiger partial charge on any atom is -0.371 e. The van der Waals surface area contributed by atoms with E-state index in [1.165, 1.54) is 16.3 Å². The zero-order valence-corrected chi connectivity index (χ0v) is 28.1. The van der Waals surface area contributed by atoms with Crippen LogP contribution in [-0.4, -0.2) is 0 Å². The standard InChI is InChI=1S/C13H11.6Y/c1-2-5-11-8-9-12-6-3-4-7-13(12)10-11;;;;;;/h2,4-10H,1H3;;;;;;/q-3;;;;;;. The second kappa shape index (κ2) is 21.2. The van der Waals surface area contributed by atoms with Crippen molar-refractivity contribution < 1.29 is 196 Å². The van der Waals surface area contributed by atoms with E-state index in [0.717, 1.165) is 0 Å². The Hall–Kier alpha value is 5.19. The van der Waals surface area contributed by atoms with Gasteiger partial charge in [0.1, 0.15) is 0 Å². The monoisotopic (exact) mass is 701 g/mol. The van der Waals surface area contributed by atoms with Crippen LogP contribution in [0.15, 0.2) is 36.4 Å². The summed E-state index contributed by atoms with van der Waals surface area (Å²) in [4.78, 5) is 0. The molecule has 0 atom stereocenters. The summed E-state index contributed by atoms with van der Waals surface area (Å²) in [5, 5.41) is 2.52. The molecule has 2 aromatic carbocycles. The predicted octanol–water partition coefficient (Wildman–Crippen LogP) is 3.40. The molecule has 0 N–H and O–H groups in total. The largest absolute Gasteiger partial charge is 0.371 e. The van der Waals surface area contributed by atoms with Crippen LogP contribution in [0, 0.1) is 18.9 Å². The summed E-state index contributed by atoms with van der Waals surface area (Å²) in [7, 11) is 0. The third kappa shape index (κ3) is 13.1. The van der Waals surface area contributed by atoms with Gasteiger partial charge >= 0.3 is 0 Å². The zero-order chi connectivity index (χ0) is 9.10. The smallest absolute Gasteiger partial charge is 0 e. The second-order valence-corrected chi connectivity index (χ2v) is 3.03. The maximum absolute atomic E-state index is 3.07. The molecule has 0 heterocycles. The fourth-order valence-corrected chi connectivity index (χ4v) is 1.44. The Morgan fingerprint density at radius 3 is 2.05 bits per heavy atom. The molecule has 0 aromatic heterocycles. The normalized spacial score (nSPS) is 7.00. The molecule has 0 nitrogen and oxygen atoms in total. The maximum atomic E-state index is 3.07. The molecule has 0 amide bonds. The first kappa shape index (κ1) is 35.3. The van der Waals surface area contributed by atoms with Crippen molar-refractivity contribution in [2.75, 3.05) is 0 Å². The van der Waals surface area contributed by atoms with E-state index in [4.69, 9.17) is 0 Å². The van der Waals surface area contributed by atoms with E-state index in [1.807, 2.05) is 19.1 Å². The molecule has 2 aromatic rings. The van der Waals surface area contributed by atoms with Crippen molar-refractivity contribution >= 4 is 10.8 Å². The van der Waals surface area contributed by atoms with Crippen molar-refractivity contribution in [2.45, 2.75) is 6.92 Å². The molecule has 0 bridgehead atoms. The first-order valence-electron chi connectivity index (χ1n) is 4.43. The van der Waals surface area contributed by atoms with Crippen molar-refractivity contribution in [3.05, 3.63) is 60.9 Å². The predicted molar refractivity (Wildman–Crippen MR) is 56.2 cm³/mol. The first-order chi connectivity index (χ1) is 6.40. The molecule has 0 saturated carbocycles. The molecule has 19 heavy (non-hydrogen) atoms. The Bertz CT molecular complexity index is 419. The molecule has 6 radical (unpaired) electrons. The van der Waals surface area contributed by atoms with Gasteiger partial charge in [0.15, 0.2) is 0 Å². The van der Waals surface area contributed by atoms with E-state index in [9.17, 15) is 0 Å². The van der Waals surface area contributed by atoms with Gasteiger partial charge in [0, 0.05) is 196 Å². The molecule has 0 spiro atoms. The Kier molecular flexibility index (Phi) is 39.5. The number of fused-ring (bicyclic) bond motifs is 1. The fraction of sp³-hybridized carbons (Fsp3) is 0.0769. The molecule has 0 aliphatic carbocycles. The van der Waals surface area contributed by atoms with Crippen LogP contribution in [0.25, 0.3) is 10.8 Å². The quantitative estimate of drug-likeness (QED) is 0.422. The van der Waals surface area contributed by atoms with Crippen LogP contribution in [0.4, 0.5) is 0 Å². The van der Waals surface area contributed by atoms with Gasteiger partial charge in [-0.2, -0.15) is 60.2 Å². The van der Waals surface area contributed by atoms with Crippen LogP contribution in [0.5, 0.6) is 0 Å². The molecular formula is C13H11Y6-3. The Morgan fingerprint density at radius 1 is 0.842 bits per heavy atom. The SMILES string of the molecule is C[CH-][CH-]c1ccc2c[c-]ccc2c1.[Y].[Y].[Y].[Y].[Y].[Y]. The van der Waals surface area contributed by atoms with Gasteiger partial charge < -0.3 is 12.8 Å². The van der Waals surface area contributed by atoms with Gasteiger partial charge in [0.25, 0.3) is 0 Å². The van der Waals surface area contributed by atoms with Crippen LogP contribution >= 0.6 is 0 Å². The average Bonchev–Trinajstić information content (AvgIpc) is 2.18. The van der Waals surface area contributed by atoms with Gasteiger partial charge in [-0.1, -0.05) is 0 Å². The third-order valence-corrected chi connectivity index (χ3v) is 2.07. The zero-order valence-electron chi connectivity index (χ0n) is 11.1. The first-order valence-corrected chi connectivity index (χ1v) is 4.43. The van der Waals surface area contributed by atoms with Crippen molar-refractivity contribution in [2.24, 2.45) is 0 Å². The Morgan fingerprint density at radius 2 is 1.47 bits per heavy atom. The number of rotatable bonds is 2. The average molecular weight is 701 g/mol. The molecule has 0 aliphatic rings. The van der Waals surface area contributed by atoms with E-state index in [1.54, 1.807) is 0 Å². The molecule has 2 rings (SSSR count). The van der Waals surface area contributed by atoms with Gasteiger partial charge in [-0.3, -0.25) is 0 Å². The van der Waals surface area contributed by atoms with Crippen molar-refractivity contribution in [1.82, 2.24) is 0 Å². The molecule has 0 saturated heterocycles. The van der Waals surface area contributed by atoms with E-state index in [-0.39, 0.29) is 196 Å². The summed E-state index contributed by atoms with van der Waals surface area (Å²) in [6, 6.07) is 15.5. The second-order valence-electron chi connectivity index (χ2n) is 3.03. The topological polar surface area (TPSA) is 0 Å². The van der Waals surface area contributed by atoms with Gasteiger partial charge in [-0.25, -0.2) is 5.56 Å². The summed E-state index contributed by atoms with van der Waals surface area (Å²) in [6.45, 7) is 2.03. The van der Waals surface area contributed by atoms with Gasteiger partial charge in [-0.15, -0.1) is 0 Å². The molecule has 0 fully saturated rings. The van der Waals surface area contributed by atoms with E-state index >= 15 is 0 Å². The Labute approximate surface area is 268 Å². The third-order valence-electron chi connectivity index (χ3n) is 2.07. The van der Waals surface area contributed by atoms with Gasteiger partial charge in [0.05, 0.1) is 0 Å². The van der Waals surface area contributed by atoms with E-state index < -0.39 is 0 Å². The van der Waals surface area contributed by atoms with Crippen molar-refractivity contribution in [3.63, 3.8) is 0 Å². The fourth-order valence-electron chi connectivity index (χ4n) is 1.44. The minimum atomic E-state index is 0. The Balaban J connectivity index is -0.000000109. The number of hydrogen-bond donors (Lipinski definition) is 0. The summed E-state index contributed by atoms with van der Waals surface area (Å²) in [5.41, 5.74) is 1.25. The van der Waals surface area contributed by atoms with Crippen LogP contribution in [0.2, 0.25) is 0 Å². The molecular weight excluding hydrogens is 690 g/mol. The van der Waals surface area contributed by atoms with E-state index in [2.05, 4.69) is 43.2 Å². The minimum absolute atomic E-state index is 0. The molecule has 0 aliphatic heterocycles. The van der Waals surface area contributed by atoms with Crippen molar-refractivity contribution in [3.8, 4) is 0 Å². The number of benzene rings is 2. The summed E-state index contributed by atoms with van der Waals surface area (Å²) in [6.07, 6.45) is 4.16.